The van der Waals surface area contributed by atoms with Crippen LogP contribution in [0, 0.1) is 0 Å². The molecule has 0 aliphatic rings. The van der Waals surface area contributed by atoms with E-state index in [0.717, 1.165) is 9.90 Å². The summed E-state index contributed by atoms with van der Waals surface area (Å²) in [6.07, 6.45) is 1.64. The van der Waals surface area contributed by atoms with E-state index in [1.807, 2.05) is 48.5 Å². The average molecular weight is 394 g/mol. The second-order valence-corrected chi connectivity index (χ2v) is 7.76. The summed E-state index contributed by atoms with van der Waals surface area (Å²) in [6.45, 7) is 0.582. The number of tetrazole rings is 1. The van der Waals surface area contributed by atoms with Crippen LogP contribution in [0.3, 0.4) is 0 Å². The van der Waals surface area contributed by atoms with E-state index >= 15 is 0 Å². The molecule has 1 N–H and O–H groups in total. The Morgan fingerprint density at radius 2 is 1.81 bits per heavy atom. The molecule has 27 heavy (non-hydrogen) atoms. The molecule has 7 nitrogen and oxygen atoms in total. The Labute approximate surface area is 163 Å². The third-order valence-electron chi connectivity index (χ3n) is 3.61. The molecule has 0 aliphatic carbocycles. The van der Waals surface area contributed by atoms with E-state index in [2.05, 4.69) is 25.8 Å². The minimum Gasteiger partial charge on any atom is -0.312 e. The van der Waals surface area contributed by atoms with Crippen LogP contribution in [0.4, 0.5) is 5.00 Å². The Balaban J connectivity index is 1.43. The SMILES string of the molecule is O=C(Nc1cnc(Sc2nnnn2Cc2ccccc2)s1)c1ccccc1. The lowest BCUT2D eigenvalue weighted by Gasteiger charge is -2.03. The van der Waals surface area contributed by atoms with Crippen molar-refractivity contribution >= 4 is 34.0 Å². The van der Waals surface area contributed by atoms with E-state index < -0.39 is 0 Å². The number of nitrogens with one attached hydrogen (secondary N) is 1. The van der Waals surface area contributed by atoms with Crippen molar-refractivity contribution in [1.82, 2.24) is 25.2 Å². The number of carbonyl (C=O) groups excluding carboxylic acids is 1. The van der Waals surface area contributed by atoms with Gasteiger partial charge in [0.2, 0.25) is 5.16 Å². The molecule has 2 aromatic carbocycles. The lowest BCUT2D eigenvalue weighted by Crippen LogP contribution is -2.10. The van der Waals surface area contributed by atoms with Crippen LogP contribution in [0.1, 0.15) is 15.9 Å². The summed E-state index contributed by atoms with van der Waals surface area (Å²) in [5, 5.41) is 16.1. The summed E-state index contributed by atoms with van der Waals surface area (Å²) in [5.41, 5.74) is 1.72. The molecule has 0 radical (unpaired) electrons. The molecular weight excluding hydrogens is 380 g/mol. The smallest absolute Gasteiger partial charge is 0.256 e. The first-order chi connectivity index (χ1) is 13.3. The number of hydrogen-bond donors (Lipinski definition) is 1. The fraction of sp³-hybridized carbons (Fsp3) is 0.0556. The van der Waals surface area contributed by atoms with E-state index in [1.165, 1.54) is 23.1 Å². The predicted molar refractivity (Wildman–Crippen MR) is 104 cm³/mol. The van der Waals surface area contributed by atoms with Crippen molar-refractivity contribution < 1.29 is 4.79 Å². The molecule has 0 fully saturated rings. The molecule has 4 aromatic rings. The van der Waals surface area contributed by atoms with Gasteiger partial charge in [0.15, 0.2) is 4.34 Å². The van der Waals surface area contributed by atoms with Gasteiger partial charge in [0.25, 0.3) is 5.91 Å². The molecule has 0 bridgehead atoms. The molecule has 134 valence electrons. The summed E-state index contributed by atoms with van der Waals surface area (Å²) in [4.78, 5) is 16.6. The Morgan fingerprint density at radius 1 is 1.07 bits per heavy atom. The highest BCUT2D eigenvalue weighted by Gasteiger charge is 2.13. The molecule has 0 saturated heterocycles. The molecule has 2 heterocycles. The highest BCUT2D eigenvalue weighted by Crippen LogP contribution is 2.32. The van der Waals surface area contributed by atoms with Gasteiger partial charge in [-0.2, -0.15) is 0 Å². The number of aromatic nitrogens is 5. The minimum absolute atomic E-state index is 0.162. The highest BCUT2D eigenvalue weighted by atomic mass is 32.2. The van der Waals surface area contributed by atoms with Crippen LogP contribution in [-0.2, 0) is 6.54 Å². The van der Waals surface area contributed by atoms with Crippen molar-refractivity contribution in [2.75, 3.05) is 5.32 Å². The lowest BCUT2D eigenvalue weighted by molar-refractivity contribution is 0.102. The Bertz CT molecular complexity index is 1030. The Morgan fingerprint density at radius 3 is 2.59 bits per heavy atom. The van der Waals surface area contributed by atoms with Gasteiger partial charge < -0.3 is 5.32 Å². The van der Waals surface area contributed by atoms with Gasteiger partial charge in [-0.1, -0.05) is 59.9 Å². The van der Waals surface area contributed by atoms with Crippen LogP contribution in [0.15, 0.2) is 76.4 Å². The fourth-order valence-corrected chi connectivity index (χ4v) is 4.09. The third-order valence-corrected chi connectivity index (χ3v) is 5.57. The van der Waals surface area contributed by atoms with Gasteiger partial charge in [-0.15, -0.1) is 5.10 Å². The number of nitrogens with zero attached hydrogens (tertiary/aromatic N) is 5. The van der Waals surface area contributed by atoms with E-state index in [-0.39, 0.29) is 5.91 Å². The number of anilines is 1. The number of benzene rings is 2. The lowest BCUT2D eigenvalue weighted by atomic mass is 10.2. The zero-order valence-electron chi connectivity index (χ0n) is 14.0. The molecule has 2 aromatic heterocycles. The maximum absolute atomic E-state index is 12.2. The maximum atomic E-state index is 12.2. The molecule has 0 atom stereocenters. The zero-order valence-corrected chi connectivity index (χ0v) is 15.7. The van der Waals surface area contributed by atoms with Crippen molar-refractivity contribution in [3.05, 3.63) is 78.0 Å². The van der Waals surface area contributed by atoms with Crippen molar-refractivity contribution in [2.45, 2.75) is 16.0 Å². The van der Waals surface area contributed by atoms with Crippen molar-refractivity contribution in [3.63, 3.8) is 0 Å². The van der Waals surface area contributed by atoms with Gasteiger partial charge in [0, 0.05) is 5.56 Å². The van der Waals surface area contributed by atoms with Crippen molar-refractivity contribution in [1.29, 1.82) is 0 Å². The predicted octanol–water partition coefficient (Wildman–Crippen LogP) is 3.58. The number of hydrogen-bond acceptors (Lipinski definition) is 7. The number of carbonyl (C=O) groups is 1. The van der Waals surface area contributed by atoms with Gasteiger partial charge in [-0.25, -0.2) is 9.67 Å². The van der Waals surface area contributed by atoms with Crippen LogP contribution in [0.25, 0.3) is 0 Å². The molecule has 4 rings (SSSR count). The van der Waals surface area contributed by atoms with E-state index in [0.29, 0.717) is 22.3 Å². The molecule has 0 aliphatic heterocycles. The standard InChI is InChI=1S/C18H14N6OS2/c25-16(14-9-5-2-6-10-14)20-15-11-19-18(26-15)27-17-21-22-23-24(17)12-13-7-3-1-4-8-13/h1-11H,12H2,(H,20,25). The van der Waals surface area contributed by atoms with E-state index in [1.54, 1.807) is 23.0 Å². The van der Waals surface area contributed by atoms with Crippen molar-refractivity contribution in [3.8, 4) is 0 Å². The maximum Gasteiger partial charge on any atom is 0.256 e. The van der Waals surface area contributed by atoms with E-state index in [4.69, 9.17) is 0 Å². The molecule has 1 amide bonds. The minimum atomic E-state index is -0.162. The number of thiazole rings is 1. The van der Waals surface area contributed by atoms with Crippen molar-refractivity contribution in [2.24, 2.45) is 0 Å². The molecular formula is C18H14N6OS2. The topological polar surface area (TPSA) is 85.6 Å². The van der Waals surface area contributed by atoms with Gasteiger partial charge in [0.05, 0.1) is 12.7 Å². The summed E-state index contributed by atoms with van der Waals surface area (Å²) in [7, 11) is 0. The second-order valence-electron chi connectivity index (χ2n) is 5.52. The molecule has 0 spiro atoms. The van der Waals surface area contributed by atoms with E-state index in [9.17, 15) is 4.79 Å². The first kappa shape index (κ1) is 17.4. The number of amides is 1. The zero-order chi connectivity index (χ0) is 18.5. The first-order valence-corrected chi connectivity index (χ1v) is 9.71. The summed E-state index contributed by atoms with van der Waals surface area (Å²) < 4.78 is 2.48. The van der Waals surface area contributed by atoms with Gasteiger partial charge in [0.1, 0.15) is 5.00 Å². The Hall–Kier alpha value is -3.04. The van der Waals surface area contributed by atoms with Crippen LogP contribution in [0.5, 0.6) is 0 Å². The van der Waals surface area contributed by atoms with Crippen LogP contribution >= 0.6 is 23.1 Å². The molecule has 0 unspecified atom stereocenters. The monoisotopic (exact) mass is 394 g/mol. The fourth-order valence-electron chi connectivity index (χ4n) is 2.34. The average Bonchev–Trinajstić information content (AvgIpc) is 3.33. The molecule has 0 saturated carbocycles. The van der Waals surface area contributed by atoms with Crippen LogP contribution < -0.4 is 5.32 Å². The van der Waals surface area contributed by atoms with Crippen LogP contribution in [-0.4, -0.2) is 31.1 Å². The largest absolute Gasteiger partial charge is 0.312 e. The third kappa shape index (κ3) is 4.39. The normalized spacial score (nSPS) is 10.7. The highest BCUT2D eigenvalue weighted by molar-refractivity contribution is 8.00. The van der Waals surface area contributed by atoms with Gasteiger partial charge in [-0.05, 0) is 39.9 Å². The number of rotatable bonds is 6. The summed E-state index contributed by atoms with van der Waals surface area (Å²) in [5.74, 6) is -0.162. The quantitative estimate of drug-likeness (QED) is 0.538. The second kappa shape index (κ2) is 8.11. The molecule has 9 heteroatoms. The van der Waals surface area contributed by atoms with Gasteiger partial charge in [-0.3, -0.25) is 4.79 Å². The summed E-state index contributed by atoms with van der Waals surface area (Å²) >= 11 is 2.75. The Kier molecular flexibility index (Phi) is 5.22. The first-order valence-electron chi connectivity index (χ1n) is 8.08. The van der Waals surface area contributed by atoms with Crippen LogP contribution in [0.2, 0.25) is 0 Å². The van der Waals surface area contributed by atoms with Gasteiger partial charge >= 0.3 is 0 Å². The summed E-state index contributed by atoms with van der Waals surface area (Å²) in [6, 6.07) is 19.0.